The number of nitro groups is 1. The first-order valence-corrected chi connectivity index (χ1v) is 7.09. The van der Waals surface area contributed by atoms with E-state index in [1.165, 1.54) is 11.0 Å². The van der Waals surface area contributed by atoms with E-state index in [-0.39, 0.29) is 15.9 Å². The lowest BCUT2D eigenvalue weighted by Gasteiger charge is -2.25. The minimum atomic E-state index is -4.55. The molecule has 0 bridgehead atoms. The zero-order chi connectivity index (χ0) is 15.9. The quantitative estimate of drug-likeness (QED) is 0.387. The van der Waals surface area contributed by atoms with Crippen LogP contribution in [0.2, 0.25) is 0 Å². The minimum Gasteiger partial charge on any atom is -0.376 e. The average Bonchev–Trinajstić information content (AvgIpc) is 2.24. The maximum Gasteiger partial charge on any atom is 0.330 e. The molecule has 0 aliphatic carbocycles. The van der Waals surface area contributed by atoms with Gasteiger partial charge in [-0.1, -0.05) is 0 Å². The second-order valence-corrected chi connectivity index (χ2v) is 6.84. The van der Waals surface area contributed by atoms with Crippen LogP contribution < -0.4 is 9.38 Å². The smallest absolute Gasteiger partial charge is 0.330 e. The molecule has 1 aromatic carbocycles. The maximum atomic E-state index is 11.4. The van der Waals surface area contributed by atoms with Crippen LogP contribution in [0.15, 0.2) is 17.0 Å². The molecule has 0 saturated heterocycles. The SMILES string of the molecule is CN(C)c1cc([N+](C)(C)C)c([N+](=O)[O-])cc1S(=O)(=O)O. The molecule has 1 rings (SSSR count). The van der Waals surface area contributed by atoms with Crippen LogP contribution in [0.3, 0.4) is 0 Å². The summed E-state index contributed by atoms with van der Waals surface area (Å²) in [5.74, 6) is 0. The fourth-order valence-corrected chi connectivity index (χ4v) is 2.55. The lowest BCUT2D eigenvalue weighted by Crippen LogP contribution is -2.35. The second-order valence-electron chi connectivity index (χ2n) is 5.45. The predicted molar refractivity (Wildman–Crippen MR) is 76.8 cm³/mol. The fourth-order valence-electron chi connectivity index (χ4n) is 1.79. The van der Waals surface area contributed by atoms with Crippen LogP contribution in [-0.2, 0) is 10.1 Å². The molecule has 0 aliphatic rings. The van der Waals surface area contributed by atoms with Gasteiger partial charge in [0.2, 0.25) is 5.69 Å². The van der Waals surface area contributed by atoms with Gasteiger partial charge in [-0.3, -0.25) is 19.2 Å². The number of anilines is 1. The van der Waals surface area contributed by atoms with E-state index in [2.05, 4.69) is 0 Å². The molecular weight excluding hydrogens is 286 g/mol. The lowest BCUT2D eigenvalue weighted by molar-refractivity contribution is -0.384. The van der Waals surface area contributed by atoms with Gasteiger partial charge in [0.05, 0.1) is 31.8 Å². The minimum absolute atomic E-state index is 0.142. The molecule has 0 fully saturated rings. The molecule has 0 unspecified atom stereocenters. The molecule has 9 heteroatoms. The van der Waals surface area contributed by atoms with Crippen LogP contribution >= 0.6 is 0 Å². The van der Waals surface area contributed by atoms with Gasteiger partial charge < -0.3 is 4.90 Å². The van der Waals surface area contributed by atoms with Crippen LogP contribution in [0.4, 0.5) is 17.1 Å². The van der Waals surface area contributed by atoms with Crippen molar-refractivity contribution in [1.29, 1.82) is 0 Å². The highest BCUT2D eigenvalue weighted by atomic mass is 32.2. The highest BCUT2D eigenvalue weighted by Gasteiger charge is 2.31. The van der Waals surface area contributed by atoms with Crippen molar-refractivity contribution >= 4 is 27.2 Å². The van der Waals surface area contributed by atoms with Gasteiger partial charge in [0.1, 0.15) is 4.90 Å². The molecule has 0 aromatic heterocycles. The topological polar surface area (TPSA) is 101 Å². The second kappa shape index (κ2) is 5.00. The van der Waals surface area contributed by atoms with E-state index >= 15 is 0 Å². The number of nitro benzene ring substituents is 1. The third-order valence-electron chi connectivity index (χ3n) is 2.74. The fraction of sp³-hybridized carbons (Fsp3) is 0.455. The van der Waals surface area contributed by atoms with Crippen molar-refractivity contribution < 1.29 is 17.9 Å². The van der Waals surface area contributed by atoms with Crippen molar-refractivity contribution in [2.24, 2.45) is 0 Å². The van der Waals surface area contributed by atoms with Crippen LogP contribution in [0.1, 0.15) is 0 Å². The Morgan fingerprint density at radius 1 is 1.25 bits per heavy atom. The van der Waals surface area contributed by atoms with Crippen molar-refractivity contribution in [2.75, 3.05) is 40.1 Å². The third-order valence-corrected chi connectivity index (χ3v) is 3.62. The van der Waals surface area contributed by atoms with Crippen molar-refractivity contribution in [3.8, 4) is 0 Å². The number of hydrogen-bond donors (Lipinski definition) is 1. The Hall–Kier alpha value is -1.71. The van der Waals surface area contributed by atoms with Crippen LogP contribution in [0, 0.1) is 10.1 Å². The lowest BCUT2D eigenvalue weighted by atomic mass is 10.2. The van der Waals surface area contributed by atoms with Crippen molar-refractivity contribution in [3.63, 3.8) is 0 Å². The Bertz CT molecular complexity index is 647. The molecule has 1 aromatic rings. The third kappa shape index (κ3) is 3.24. The standard InChI is InChI=1S/C11H17N3O5S/c1-12(2)9-6-10(14(3,4)5)8(13(15)16)7-11(9)20(17,18)19/h6-7H,1-5H3/p+1. The summed E-state index contributed by atoms with van der Waals surface area (Å²) in [6, 6.07) is 2.30. The Kier molecular flexibility index (Phi) is 4.09. The molecule has 0 amide bonds. The van der Waals surface area contributed by atoms with Crippen LogP contribution in [-0.4, -0.2) is 53.1 Å². The number of nitrogens with zero attached hydrogens (tertiary/aromatic N) is 3. The number of quaternary nitrogens is 1. The summed E-state index contributed by atoms with van der Waals surface area (Å²) < 4.78 is 32.2. The molecular formula is C11H18N3O5S+. The first-order valence-electron chi connectivity index (χ1n) is 5.65. The molecule has 0 saturated carbocycles. The van der Waals surface area contributed by atoms with E-state index in [1.807, 2.05) is 0 Å². The molecule has 0 radical (unpaired) electrons. The molecule has 0 heterocycles. The molecule has 1 N–H and O–H groups in total. The normalized spacial score (nSPS) is 12.3. The van der Waals surface area contributed by atoms with Gasteiger partial charge in [0.15, 0.2) is 0 Å². The summed E-state index contributed by atoms with van der Waals surface area (Å²) in [5, 5.41) is 11.1. The Balaban J connectivity index is 3.84. The highest BCUT2D eigenvalue weighted by molar-refractivity contribution is 7.86. The molecule has 0 spiro atoms. The summed E-state index contributed by atoms with van der Waals surface area (Å²) in [6.45, 7) is 0. The van der Waals surface area contributed by atoms with Gasteiger partial charge >= 0.3 is 5.69 Å². The number of benzene rings is 1. The summed E-state index contributed by atoms with van der Waals surface area (Å²) >= 11 is 0. The van der Waals surface area contributed by atoms with E-state index in [4.69, 9.17) is 0 Å². The maximum absolute atomic E-state index is 11.4. The first kappa shape index (κ1) is 16.3. The molecule has 0 atom stereocenters. The summed E-state index contributed by atoms with van der Waals surface area (Å²) in [7, 11) is 3.83. The molecule has 20 heavy (non-hydrogen) atoms. The Labute approximate surface area is 117 Å². The summed E-state index contributed by atoms with van der Waals surface area (Å²) in [4.78, 5) is 11.5. The molecule has 8 nitrogen and oxygen atoms in total. The van der Waals surface area contributed by atoms with Crippen molar-refractivity contribution in [3.05, 3.63) is 22.2 Å². The van der Waals surface area contributed by atoms with Crippen molar-refractivity contribution in [2.45, 2.75) is 4.90 Å². The highest BCUT2D eigenvalue weighted by Crippen LogP contribution is 2.38. The van der Waals surface area contributed by atoms with E-state index in [1.54, 1.807) is 35.2 Å². The van der Waals surface area contributed by atoms with Gasteiger partial charge in [0, 0.05) is 26.2 Å². The van der Waals surface area contributed by atoms with Gasteiger partial charge in [-0.25, -0.2) is 0 Å². The van der Waals surface area contributed by atoms with Crippen molar-refractivity contribution in [1.82, 2.24) is 4.48 Å². The van der Waals surface area contributed by atoms with Gasteiger partial charge in [-0.2, -0.15) is 8.42 Å². The zero-order valence-electron chi connectivity index (χ0n) is 12.0. The van der Waals surface area contributed by atoms with E-state index in [0.29, 0.717) is 5.69 Å². The zero-order valence-corrected chi connectivity index (χ0v) is 12.8. The van der Waals surface area contributed by atoms with Gasteiger partial charge in [0.25, 0.3) is 10.1 Å². The number of rotatable bonds is 4. The van der Waals surface area contributed by atoms with Gasteiger partial charge in [-0.05, 0) is 0 Å². The Morgan fingerprint density at radius 3 is 2.05 bits per heavy atom. The summed E-state index contributed by atoms with van der Waals surface area (Å²) in [6.07, 6.45) is 0. The van der Waals surface area contributed by atoms with E-state index < -0.39 is 19.9 Å². The van der Waals surface area contributed by atoms with E-state index in [0.717, 1.165) is 6.07 Å². The average molecular weight is 304 g/mol. The van der Waals surface area contributed by atoms with Crippen LogP contribution in [0.5, 0.6) is 0 Å². The molecule has 0 aliphatic heterocycles. The monoisotopic (exact) mass is 304 g/mol. The number of hydrogen-bond acceptors (Lipinski definition) is 5. The predicted octanol–water partition coefficient (Wildman–Crippen LogP) is 1.10. The van der Waals surface area contributed by atoms with Gasteiger partial charge in [-0.15, -0.1) is 0 Å². The van der Waals surface area contributed by atoms with E-state index in [9.17, 15) is 23.1 Å². The first-order chi connectivity index (χ1) is 8.85. The summed E-state index contributed by atoms with van der Waals surface area (Å²) in [5.41, 5.74) is 0.183. The largest absolute Gasteiger partial charge is 0.376 e. The molecule has 112 valence electrons. The Morgan fingerprint density at radius 2 is 1.75 bits per heavy atom. The van der Waals surface area contributed by atoms with Crippen LogP contribution in [0.25, 0.3) is 0 Å².